The SMILES string of the molecule is O=C(O)c1c(-c2cccs2)[nH]c2ccccc12. The number of aromatic nitrogens is 1. The fraction of sp³-hybridized carbons (Fsp3) is 0. The van der Waals surface area contributed by atoms with Crippen LogP contribution in [0.4, 0.5) is 0 Å². The maximum atomic E-state index is 11.4. The number of fused-ring (bicyclic) bond motifs is 1. The normalized spacial score (nSPS) is 10.8. The zero-order chi connectivity index (χ0) is 11.8. The van der Waals surface area contributed by atoms with Gasteiger partial charge in [-0.3, -0.25) is 0 Å². The molecule has 2 aromatic heterocycles. The van der Waals surface area contributed by atoms with Gasteiger partial charge in [0.15, 0.2) is 0 Å². The molecule has 0 radical (unpaired) electrons. The average molecular weight is 243 g/mol. The molecule has 0 aliphatic rings. The Labute approximate surface area is 101 Å². The molecule has 84 valence electrons. The minimum Gasteiger partial charge on any atom is -0.478 e. The topological polar surface area (TPSA) is 53.1 Å². The molecule has 0 aliphatic heterocycles. The van der Waals surface area contributed by atoms with E-state index >= 15 is 0 Å². The van der Waals surface area contributed by atoms with Gasteiger partial charge in [0.1, 0.15) is 0 Å². The largest absolute Gasteiger partial charge is 0.478 e. The predicted molar refractivity (Wildman–Crippen MR) is 68.6 cm³/mol. The number of carboxylic acids is 1. The van der Waals surface area contributed by atoms with Crippen LogP contribution in [0.25, 0.3) is 21.5 Å². The highest BCUT2D eigenvalue weighted by Gasteiger charge is 2.18. The van der Waals surface area contributed by atoms with Crippen LogP contribution in [-0.4, -0.2) is 16.1 Å². The highest BCUT2D eigenvalue weighted by molar-refractivity contribution is 7.13. The van der Waals surface area contributed by atoms with E-state index in [0.29, 0.717) is 11.3 Å². The number of hydrogen-bond donors (Lipinski definition) is 2. The van der Waals surface area contributed by atoms with Crippen molar-refractivity contribution in [1.82, 2.24) is 4.98 Å². The van der Waals surface area contributed by atoms with Crippen molar-refractivity contribution in [2.75, 3.05) is 0 Å². The smallest absolute Gasteiger partial charge is 0.338 e. The summed E-state index contributed by atoms with van der Waals surface area (Å²) in [4.78, 5) is 15.5. The Morgan fingerprint density at radius 1 is 1.18 bits per heavy atom. The van der Waals surface area contributed by atoms with Gasteiger partial charge < -0.3 is 10.1 Å². The maximum absolute atomic E-state index is 11.4. The van der Waals surface area contributed by atoms with E-state index in [2.05, 4.69) is 4.98 Å². The molecule has 2 heterocycles. The molecule has 0 fully saturated rings. The maximum Gasteiger partial charge on any atom is 0.338 e. The van der Waals surface area contributed by atoms with E-state index in [-0.39, 0.29) is 0 Å². The molecule has 0 unspecified atom stereocenters. The molecule has 3 rings (SSSR count). The fourth-order valence-corrected chi connectivity index (χ4v) is 2.70. The molecular weight excluding hydrogens is 234 g/mol. The number of benzene rings is 1. The number of rotatable bonds is 2. The monoisotopic (exact) mass is 243 g/mol. The van der Waals surface area contributed by atoms with Gasteiger partial charge in [-0.25, -0.2) is 4.79 Å². The van der Waals surface area contributed by atoms with Crippen molar-refractivity contribution in [2.24, 2.45) is 0 Å². The highest BCUT2D eigenvalue weighted by Crippen LogP contribution is 2.32. The number of aromatic carboxylic acids is 1. The van der Waals surface area contributed by atoms with Gasteiger partial charge in [-0.05, 0) is 17.5 Å². The lowest BCUT2D eigenvalue weighted by molar-refractivity contribution is 0.0700. The van der Waals surface area contributed by atoms with E-state index in [0.717, 1.165) is 15.8 Å². The second kappa shape index (κ2) is 3.75. The number of carboxylic acid groups (broad SMARTS) is 1. The van der Waals surface area contributed by atoms with Gasteiger partial charge in [-0.1, -0.05) is 24.3 Å². The third-order valence-electron chi connectivity index (χ3n) is 2.69. The molecule has 0 atom stereocenters. The van der Waals surface area contributed by atoms with Gasteiger partial charge in [0.2, 0.25) is 0 Å². The second-order valence-corrected chi connectivity index (χ2v) is 4.65. The Kier molecular flexibility index (Phi) is 2.23. The molecule has 3 nitrogen and oxygen atoms in total. The number of hydrogen-bond acceptors (Lipinski definition) is 2. The van der Waals surface area contributed by atoms with Crippen LogP contribution in [0.3, 0.4) is 0 Å². The van der Waals surface area contributed by atoms with Crippen LogP contribution in [0.2, 0.25) is 0 Å². The molecule has 2 N–H and O–H groups in total. The summed E-state index contributed by atoms with van der Waals surface area (Å²) in [5.41, 5.74) is 1.89. The molecular formula is C13H9NO2S. The average Bonchev–Trinajstić information content (AvgIpc) is 2.95. The molecule has 0 spiro atoms. The van der Waals surface area contributed by atoms with E-state index in [1.54, 1.807) is 0 Å². The zero-order valence-corrected chi connectivity index (χ0v) is 9.62. The Morgan fingerprint density at radius 3 is 2.71 bits per heavy atom. The first kappa shape index (κ1) is 10.1. The van der Waals surface area contributed by atoms with Crippen LogP contribution in [0.15, 0.2) is 41.8 Å². The minimum atomic E-state index is -0.897. The summed E-state index contributed by atoms with van der Waals surface area (Å²) in [6, 6.07) is 11.3. The van der Waals surface area contributed by atoms with Crippen molar-refractivity contribution in [2.45, 2.75) is 0 Å². The second-order valence-electron chi connectivity index (χ2n) is 3.70. The number of para-hydroxylation sites is 1. The van der Waals surface area contributed by atoms with Crippen molar-refractivity contribution < 1.29 is 9.90 Å². The third kappa shape index (κ3) is 1.54. The quantitative estimate of drug-likeness (QED) is 0.722. The Hall–Kier alpha value is -2.07. The summed E-state index contributed by atoms with van der Waals surface area (Å²) in [6.45, 7) is 0. The van der Waals surface area contributed by atoms with Gasteiger partial charge in [0.05, 0.1) is 16.1 Å². The molecule has 0 amide bonds. The summed E-state index contributed by atoms with van der Waals surface area (Å²) < 4.78 is 0. The molecule has 0 bridgehead atoms. The van der Waals surface area contributed by atoms with Gasteiger partial charge in [0, 0.05) is 10.9 Å². The fourth-order valence-electron chi connectivity index (χ4n) is 1.97. The Morgan fingerprint density at radius 2 is 2.00 bits per heavy atom. The molecule has 17 heavy (non-hydrogen) atoms. The molecule has 0 aliphatic carbocycles. The Balaban J connectivity index is 2.38. The summed E-state index contributed by atoms with van der Waals surface area (Å²) in [6.07, 6.45) is 0. The number of carbonyl (C=O) groups is 1. The van der Waals surface area contributed by atoms with Crippen LogP contribution in [0.1, 0.15) is 10.4 Å². The van der Waals surface area contributed by atoms with E-state index in [1.165, 1.54) is 11.3 Å². The Bertz CT molecular complexity index is 683. The van der Waals surface area contributed by atoms with Gasteiger partial charge >= 0.3 is 5.97 Å². The first-order valence-electron chi connectivity index (χ1n) is 5.15. The van der Waals surface area contributed by atoms with Crippen molar-refractivity contribution in [3.05, 3.63) is 47.3 Å². The molecule has 4 heteroatoms. The van der Waals surface area contributed by atoms with Crippen LogP contribution >= 0.6 is 11.3 Å². The van der Waals surface area contributed by atoms with E-state index in [9.17, 15) is 9.90 Å². The summed E-state index contributed by atoms with van der Waals surface area (Å²) in [5.74, 6) is -0.897. The summed E-state index contributed by atoms with van der Waals surface area (Å²) >= 11 is 1.53. The summed E-state index contributed by atoms with van der Waals surface area (Å²) in [7, 11) is 0. The lowest BCUT2D eigenvalue weighted by Gasteiger charge is -1.96. The van der Waals surface area contributed by atoms with Crippen molar-refractivity contribution in [3.63, 3.8) is 0 Å². The zero-order valence-electron chi connectivity index (χ0n) is 8.81. The number of thiophene rings is 1. The first-order valence-corrected chi connectivity index (χ1v) is 6.03. The third-order valence-corrected chi connectivity index (χ3v) is 3.57. The van der Waals surface area contributed by atoms with Crippen molar-refractivity contribution in [3.8, 4) is 10.6 Å². The summed E-state index contributed by atoms with van der Waals surface area (Å²) in [5, 5.41) is 12.0. The molecule has 0 saturated carbocycles. The minimum absolute atomic E-state index is 0.350. The van der Waals surface area contributed by atoms with E-state index in [4.69, 9.17) is 0 Å². The first-order chi connectivity index (χ1) is 8.27. The molecule has 1 aromatic carbocycles. The van der Waals surface area contributed by atoms with Crippen LogP contribution in [0, 0.1) is 0 Å². The molecule has 0 saturated heterocycles. The van der Waals surface area contributed by atoms with Crippen LogP contribution in [-0.2, 0) is 0 Å². The van der Waals surface area contributed by atoms with Crippen LogP contribution < -0.4 is 0 Å². The standard InChI is InChI=1S/C13H9NO2S/c15-13(16)11-8-4-1-2-5-9(8)14-12(11)10-6-3-7-17-10/h1-7,14H,(H,15,16). The lowest BCUT2D eigenvalue weighted by Crippen LogP contribution is -1.96. The van der Waals surface area contributed by atoms with E-state index < -0.39 is 5.97 Å². The van der Waals surface area contributed by atoms with Crippen molar-refractivity contribution in [1.29, 1.82) is 0 Å². The number of aromatic amines is 1. The van der Waals surface area contributed by atoms with Crippen LogP contribution in [0.5, 0.6) is 0 Å². The van der Waals surface area contributed by atoms with Crippen molar-refractivity contribution >= 4 is 28.2 Å². The van der Waals surface area contributed by atoms with E-state index in [1.807, 2.05) is 41.8 Å². The van der Waals surface area contributed by atoms with Gasteiger partial charge in [0.25, 0.3) is 0 Å². The van der Waals surface area contributed by atoms with Gasteiger partial charge in [-0.2, -0.15) is 0 Å². The number of nitrogens with one attached hydrogen (secondary N) is 1. The number of H-pyrrole nitrogens is 1. The lowest BCUT2D eigenvalue weighted by atomic mass is 10.1. The van der Waals surface area contributed by atoms with Gasteiger partial charge in [-0.15, -0.1) is 11.3 Å². The predicted octanol–water partition coefficient (Wildman–Crippen LogP) is 3.59. The molecule has 3 aromatic rings. The highest BCUT2D eigenvalue weighted by atomic mass is 32.1.